The number of fused-ring (bicyclic) bond motifs is 11. The van der Waals surface area contributed by atoms with Crippen LogP contribution in [0.25, 0.3) is 111 Å². The van der Waals surface area contributed by atoms with Gasteiger partial charge in [0.05, 0.1) is 22.1 Å². The van der Waals surface area contributed by atoms with Gasteiger partial charge in [0.25, 0.3) is 0 Å². The highest BCUT2D eigenvalue weighted by Gasteiger charge is 2.28. The molecule has 0 fully saturated rings. The number of para-hydroxylation sites is 2. The molecule has 0 unspecified atom stereocenters. The lowest BCUT2D eigenvalue weighted by atomic mass is 9.97. The molecule has 0 radical (unpaired) electrons. The van der Waals surface area contributed by atoms with E-state index in [1.807, 2.05) is 0 Å². The molecular formula is C61H40N2. The van der Waals surface area contributed by atoms with Crippen molar-refractivity contribution in [2.45, 2.75) is 6.42 Å². The molecule has 13 rings (SSSR count). The van der Waals surface area contributed by atoms with Crippen LogP contribution in [0.1, 0.15) is 11.1 Å². The molecule has 294 valence electrons. The third-order valence-corrected chi connectivity index (χ3v) is 13.4. The van der Waals surface area contributed by atoms with Gasteiger partial charge in [0.1, 0.15) is 0 Å². The van der Waals surface area contributed by atoms with Crippen LogP contribution in [-0.2, 0) is 6.42 Å². The molecule has 0 saturated carbocycles. The summed E-state index contributed by atoms with van der Waals surface area (Å²) in [6, 6.07) is 84.6. The standard InChI is InChI=1S/C61H40N2/c1-5-13-40(14-6-1)42-21-25-44(26-22-42)46-29-33-56-54(37-46)60-52-39-53-51(50(52)31-35-58(60)62(56)48-17-9-3-10-18-48)32-36-59-61(53)55-38-47(30-34-57(55)63(59)49-19-11-4-12-20-49)45-27-23-43(24-28-45)41-15-7-2-8-16-41/h1-38H,39H2. The van der Waals surface area contributed by atoms with Crippen molar-refractivity contribution in [3.63, 3.8) is 0 Å². The second-order valence-corrected chi connectivity index (χ2v) is 16.8. The van der Waals surface area contributed by atoms with Crippen molar-refractivity contribution in [3.05, 3.63) is 242 Å². The van der Waals surface area contributed by atoms with Crippen LogP contribution in [0.4, 0.5) is 0 Å². The Labute approximate surface area is 366 Å². The average Bonchev–Trinajstić information content (AvgIpc) is 4.02. The topological polar surface area (TPSA) is 9.86 Å². The van der Waals surface area contributed by atoms with Crippen molar-refractivity contribution in [3.8, 4) is 67.0 Å². The molecule has 0 atom stereocenters. The molecule has 0 N–H and O–H groups in total. The predicted molar refractivity (Wildman–Crippen MR) is 265 cm³/mol. The van der Waals surface area contributed by atoms with Gasteiger partial charge in [-0.1, -0.05) is 170 Å². The molecule has 0 bridgehead atoms. The fraction of sp³-hybridized carbons (Fsp3) is 0.0164. The second kappa shape index (κ2) is 14.2. The van der Waals surface area contributed by atoms with Crippen LogP contribution < -0.4 is 0 Å². The molecule has 0 aliphatic heterocycles. The zero-order chi connectivity index (χ0) is 41.4. The highest BCUT2D eigenvalue weighted by Crippen LogP contribution is 2.49. The largest absolute Gasteiger partial charge is 0.309 e. The van der Waals surface area contributed by atoms with Gasteiger partial charge < -0.3 is 9.13 Å². The van der Waals surface area contributed by atoms with Crippen molar-refractivity contribution in [2.75, 3.05) is 0 Å². The Morgan fingerprint density at radius 1 is 0.254 bits per heavy atom. The number of aromatic nitrogens is 2. The van der Waals surface area contributed by atoms with Gasteiger partial charge in [-0.15, -0.1) is 0 Å². The van der Waals surface area contributed by atoms with E-state index >= 15 is 0 Å². The Morgan fingerprint density at radius 2 is 0.556 bits per heavy atom. The number of hydrogen-bond acceptors (Lipinski definition) is 0. The normalized spacial score (nSPS) is 12.1. The average molecular weight is 801 g/mol. The molecule has 63 heavy (non-hydrogen) atoms. The van der Waals surface area contributed by atoms with Crippen LogP contribution >= 0.6 is 0 Å². The van der Waals surface area contributed by atoms with Crippen molar-refractivity contribution in [2.24, 2.45) is 0 Å². The van der Waals surface area contributed by atoms with E-state index in [0.717, 1.165) is 6.42 Å². The van der Waals surface area contributed by atoms with E-state index in [1.54, 1.807) is 0 Å². The van der Waals surface area contributed by atoms with E-state index in [4.69, 9.17) is 0 Å². The van der Waals surface area contributed by atoms with Gasteiger partial charge in [0.15, 0.2) is 0 Å². The Bertz CT molecular complexity index is 3440. The molecule has 10 aromatic carbocycles. The van der Waals surface area contributed by atoms with Crippen LogP contribution in [0, 0.1) is 0 Å². The first-order chi connectivity index (χ1) is 31.2. The molecule has 1 aliphatic rings. The Morgan fingerprint density at radius 3 is 0.937 bits per heavy atom. The zero-order valence-electron chi connectivity index (χ0n) is 34.5. The monoisotopic (exact) mass is 800 g/mol. The number of hydrogen-bond donors (Lipinski definition) is 0. The van der Waals surface area contributed by atoms with E-state index in [0.29, 0.717) is 0 Å². The van der Waals surface area contributed by atoms with Gasteiger partial charge in [0.2, 0.25) is 0 Å². The third-order valence-electron chi connectivity index (χ3n) is 13.4. The molecule has 2 heteroatoms. The second-order valence-electron chi connectivity index (χ2n) is 16.8. The lowest BCUT2D eigenvalue weighted by Gasteiger charge is -2.09. The van der Waals surface area contributed by atoms with Crippen LogP contribution in [0.15, 0.2) is 231 Å². The van der Waals surface area contributed by atoms with Crippen molar-refractivity contribution >= 4 is 43.6 Å². The van der Waals surface area contributed by atoms with E-state index in [1.165, 1.54) is 122 Å². The predicted octanol–water partition coefficient (Wildman–Crippen LogP) is 16.1. The maximum absolute atomic E-state index is 2.46. The molecule has 0 saturated heterocycles. The summed E-state index contributed by atoms with van der Waals surface area (Å²) < 4.78 is 4.92. The Kier molecular flexibility index (Phi) is 8.01. The first-order valence-corrected chi connectivity index (χ1v) is 21.9. The summed E-state index contributed by atoms with van der Waals surface area (Å²) in [7, 11) is 0. The van der Waals surface area contributed by atoms with Gasteiger partial charge in [-0.3, -0.25) is 0 Å². The van der Waals surface area contributed by atoms with Crippen molar-refractivity contribution in [1.82, 2.24) is 9.13 Å². The summed E-state index contributed by atoms with van der Waals surface area (Å²) in [5.74, 6) is 0. The molecule has 2 nitrogen and oxygen atoms in total. The minimum absolute atomic E-state index is 0.854. The highest BCUT2D eigenvalue weighted by atomic mass is 15.0. The lowest BCUT2D eigenvalue weighted by molar-refractivity contribution is 1.18. The molecule has 2 aromatic heterocycles. The molecule has 12 aromatic rings. The number of rotatable bonds is 6. The van der Waals surface area contributed by atoms with E-state index in [-0.39, 0.29) is 0 Å². The van der Waals surface area contributed by atoms with Gasteiger partial charge >= 0.3 is 0 Å². The van der Waals surface area contributed by atoms with Gasteiger partial charge in [-0.2, -0.15) is 0 Å². The van der Waals surface area contributed by atoms with Crippen LogP contribution in [0.3, 0.4) is 0 Å². The van der Waals surface area contributed by atoms with Gasteiger partial charge in [0, 0.05) is 39.3 Å². The first-order valence-electron chi connectivity index (χ1n) is 21.9. The smallest absolute Gasteiger partial charge is 0.0544 e. The van der Waals surface area contributed by atoms with Crippen molar-refractivity contribution in [1.29, 1.82) is 0 Å². The minimum Gasteiger partial charge on any atom is -0.309 e. The fourth-order valence-electron chi connectivity index (χ4n) is 10.5. The molecule has 0 amide bonds. The zero-order valence-corrected chi connectivity index (χ0v) is 34.5. The maximum atomic E-state index is 2.46. The summed E-state index contributed by atoms with van der Waals surface area (Å²) in [4.78, 5) is 0. The molecule has 2 heterocycles. The SMILES string of the molecule is c1ccc(-c2ccc(-c3ccc4c(c3)c3c5c(ccc3n4-c3ccccc3)-c3ccc4c(c3C5)c3cc(-c5ccc(-c6ccccc6)cc5)ccc3n4-c3ccccc3)cc2)cc1. The lowest BCUT2D eigenvalue weighted by Crippen LogP contribution is -1.93. The summed E-state index contributed by atoms with van der Waals surface area (Å²) in [6.45, 7) is 0. The van der Waals surface area contributed by atoms with Crippen LogP contribution in [0.2, 0.25) is 0 Å². The van der Waals surface area contributed by atoms with Crippen LogP contribution in [0.5, 0.6) is 0 Å². The first kappa shape index (κ1) is 35.5. The maximum Gasteiger partial charge on any atom is 0.0544 e. The summed E-state index contributed by atoms with van der Waals surface area (Å²) in [6.07, 6.45) is 0.854. The summed E-state index contributed by atoms with van der Waals surface area (Å²) in [5.41, 5.74) is 22.5. The van der Waals surface area contributed by atoms with Crippen molar-refractivity contribution < 1.29 is 0 Å². The molecule has 0 spiro atoms. The summed E-state index contributed by atoms with van der Waals surface area (Å²) in [5, 5.41) is 5.24. The third kappa shape index (κ3) is 5.65. The highest BCUT2D eigenvalue weighted by molar-refractivity contribution is 6.18. The van der Waals surface area contributed by atoms with Gasteiger partial charge in [-0.05, 0) is 127 Å². The summed E-state index contributed by atoms with van der Waals surface area (Å²) >= 11 is 0. The fourth-order valence-corrected chi connectivity index (χ4v) is 10.5. The quantitative estimate of drug-likeness (QED) is 0.159. The van der Waals surface area contributed by atoms with E-state index in [2.05, 4.69) is 240 Å². The Hall–Kier alpha value is -8.20. The van der Waals surface area contributed by atoms with E-state index in [9.17, 15) is 0 Å². The van der Waals surface area contributed by atoms with Gasteiger partial charge in [-0.25, -0.2) is 0 Å². The Balaban J connectivity index is 1.01. The van der Waals surface area contributed by atoms with Crippen LogP contribution in [-0.4, -0.2) is 9.13 Å². The molecule has 1 aliphatic carbocycles. The number of benzene rings is 10. The molecular weight excluding hydrogens is 761 g/mol. The minimum atomic E-state index is 0.854. The van der Waals surface area contributed by atoms with E-state index < -0.39 is 0 Å². The number of nitrogens with zero attached hydrogens (tertiary/aromatic N) is 2.